The van der Waals surface area contributed by atoms with Gasteiger partial charge in [-0.1, -0.05) is 17.7 Å². The van der Waals surface area contributed by atoms with Crippen molar-refractivity contribution in [2.75, 3.05) is 31.0 Å². The Morgan fingerprint density at radius 1 is 1.07 bits per heavy atom. The Morgan fingerprint density at radius 2 is 1.72 bits per heavy atom. The van der Waals surface area contributed by atoms with E-state index in [9.17, 15) is 13.2 Å². The number of likely N-dealkylation sites (tertiary alicyclic amines) is 1. The fourth-order valence-corrected chi connectivity index (χ4v) is 5.34. The van der Waals surface area contributed by atoms with Crippen molar-refractivity contribution >= 4 is 21.6 Å². The van der Waals surface area contributed by atoms with E-state index in [1.807, 2.05) is 17.9 Å². The molecule has 1 fully saturated rings. The lowest BCUT2D eigenvalue weighted by atomic mass is 10.2. The Bertz CT molecular complexity index is 965. The van der Waals surface area contributed by atoms with E-state index in [-0.39, 0.29) is 23.8 Å². The first kappa shape index (κ1) is 21.2. The Labute approximate surface area is 173 Å². The molecule has 29 heavy (non-hydrogen) atoms. The quantitative estimate of drug-likeness (QED) is 0.693. The van der Waals surface area contributed by atoms with Crippen LogP contribution in [-0.4, -0.2) is 46.0 Å². The average molecular weight is 417 g/mol. The zero-order chi connectivity index (χ0) is 21.0. The predicted octanol–water partition coefficient (Wildman–Crippen LogP) is 3.52. The zero-order valence-electron chi connectivity index (χ0n) is 17.2. The molecule has 156 valence electrons. The fraction of sp³-hybridized carbons (Fsp3) is 0.409. The number of aryl methyl sites for hydroxylation is 2. The van der Waals surface area contributed by atoms with Gasteiger partial charge in [-0.2, -0.15) is 0 Å². The monoisotopic (exact) mass is 416 g/mol. The first-order valence-electron chi connectivity index (χ1n) is 9.85. The van der Waals surface area contributed by atoms with Crippen LogP contribution in [-0.2, 0) is 14.8 Å². The van der Waals surface area contributed by atoms with Gasteiger partial charge in [0.15, 0.2) is 0 Å². The molecule has 3 rings (SSSR count). The highest BCUT2D eigenvalue weighted by Gasteiger charge is 2.28. The number of hydrogen-bond acceptors (Lipinski definition) is 4. The lowest BCUT2D eigenvalue weighted by Gasteiger charge is -2.26. The second-order valence-corrected chi connectivity index (χ2v) is 9.21. The highest BCUT2D eigenvalue weighted by atomic mass is 32.2. The number of hydrogen-bond donors (Lipinski definition) is 0. The number of benzene rings is 2. The Balaban J connectivity index is 1.93. The van der Waals surface area contributed by atoms with Crippen LogP contribution >= 0.6 is 0 Å². The van der Waals surface area contributed by atoms with Gasteiger partial charge in [-0.3, -0.25) is 9.10 Å². The summed E-state index contributed by atoms with van der Waals surface area (Å²) in [6, 6.07) is 12.2. The molecule has 2 aromatic rings. The van der Waals surface area contributed by atoms with Gasteiger partial charge in [0.25, 0.3) is 10.0 Å². The molecule has 1 aliphatic heterocycles. The van der Waals surface area contributed by atoms with Gasteiger partial charge < -0.3 is 9.64 Å². The van der Waals surface area contributed by atoms with Gasteiger partial charge in [-0.05, 0) is 62.6 Å². The molecule has 0 N–H and O–H groups in total. The van der Waals surface area contributed by atoms with Crippen LogP contribution in [0.3, 0.4) is 0 Å². The van der Waals surface area contributed by atoms with E-state index in [1.54, 1.807) is 50.4 Å². The summed E-state index contributed by atoms with van der Waals surface area (Å²) in [4.78, 5) is 14.6. The molecule has 7 heteroatoms. The highest BCUT2D eigenvalue weighted by molar-refractivity contribution is 7.92. The number of methoxy groups -OCH3 is 1. The van der Waals surface area contributed by atoms with Crippen LogP contribution in [0.5, 0.6) is 5.75 Å². The Kier molecular flexibility index (Phi) is 6.47. The molecule has 0 saturated carbocycles. The summed E-state index contributed by atoms with van der Waals surface area (Å²) >= 11 is 0. The fourth-order valence-electron chi connectivity index (χ4n) is 3.67. The maximum atomic E-state index is 13.5. The van der Waals surface area contributed by atoms with Gasteiger partial charge in [0, 0.05) is 26.1 Å². The molecule has 0 bridgehead atoms. The van der Waals surface area contributed by atoms with E-state index in [2.05, 4.69) is 0 Å². The summed E-state index contributed by atoms with van der Waals surface area (Å²) in [7, 11) is -2.26. The number of ether oxygens (including phenoxy) is 1. The van der Waals surface area contributed by atoms with E-state index in [1.165, 1.54) is 4.31 Å². The van der Waals surface area contributed by atoms with E-state index < -0.39 is 10.0 Å². The van der Waals surface area contributed by atoms with Crippen molar-refractivity contribution in [2.45, 2.75) is 38.0 Å². The van der Waals surface area contributed by atoms with Gasteiger partial charge in [0.2, 0.25) is 5.91 Å². The smallest absolute Gasteiger partial charge is 0.264 e. The third kappa shape index (κ3) is 4.72. The van der Waals surface area contributed by atoms with Gasteiger partial charge in [0.1, 0.15) is 5.75 Å². The topological polar surface area (TPSA) is 66.9 Å². The summed E-state index contributed by atoms with van der Waals surface area (Å²) < 4.78 is 33.6. The third-order valence-corrected chi connectivity index (χ3v) is 7.23. The minimum Gasteiger partial charge on any atom is -0.497 e. The van der Waals surface area contributed by atoms with Crippen molar-refractivity contribution in [1.82, 2.24) is 4.90 Å². The van der Waals surface area contributed by atoms with Crippen LogP contribution in [0.4, 0.5) is 5.69 Å². The predicted molar refractivity (Wildman–Crippen MR) is 114 cm³/mol. The first-order chi connectivity index (χ1) is 13.8. The molecule has 0 aromatic heterocycles. The summed E-state index contributed by atoms with van der Waals surface area (Å²) in [5.74, 6) is 0.641. The Morgan fingerprint density at radius 3 is 2.31 bits per heavy atom. The van der Waals surface area contributed by atoms with Crippen molar-refractivity contribution in [3.05, 3.63) is 53.6 Å². The zero-order valence-corrected chi connectivity index (χ0v) is 18.0. The van der Waals surface area contributed by atoms with Crippen LogP contribution in [0.15, 0.2) is 47.4 Å². The van der Waals surface area contributed by atoms with Gasteiger partial charge in [-0.15, -0.1) is 0 Å². The molecule has 1 aliphatic rings. The molecular weight excluding hydrogens is 388 g/mol. The van der Waals surface area contributed by atoms with Crippen molar-refractivity contribution < 1.29 is 17.9 Å². The third-order valence-electron chi connectivity index (χ3n) is 5.25. The minimum absolute atomic E-state index is 0.00293. The van der Waals surface area contributed by atoms with Crippen molar-refractivity contribution in [1.29, 1.82) is 0 Å². The second kappa shape index (κ2) is 8.86. The number of rotatable bonds is 7. The molecule has 0 atom stereocenters. The first-order valence-corrected chi connectivity index (χ1v) is 11.3. The van der Waals surface area contributed by atoms with Crippen LogP contribution in [0.1, 0.15) is 30.4 Å². The van der Waals surface area contributed by atoms with Crippen LogP contribution in [0.2, 0.25) is 0 Å². The minimum atomic E-state index is -3.82. The molecule has 1 saturated heterocycles. The lowest BCUT2D eigenvalue weighted by molar-refractivity contribution is -0.129. The summed E-state index contributed by atoms with van der Waals surface area (Å²) in [5, 5.41) is 0. The summed E-state index contributed by atoms with van der Waals surface area (Å²) in [6.45, 7) is 5.33. The number of sulfonamides is 1. The van der Waals surface area contributed by atoms with Crippen molar-refractivity contribution in [3.8, 4) is 5.75 Å². The largest absolute Gasteiger partial charge is 0.497 e. The highest BCUT2D eigenvalue weighted by Crippen LogP contribution is 2.28. The number of carbonyl (C=O) groups excluding carboxylic acids is 1. The molecule has 0 spiro atoms. The SMILES string of the molecule is COc1ccc(N(CCC(=O)N2CCCC2)S(=O)(=O)c2ccc(C)cc2C)cc1. The van der Waals surface area contributed by atoms with E-state index in [4.69, 9.17) is 4.74 Å². The number of carbonyl (C=O) groups is 1. The molecule has 0 radical (unpaired) electrons. The molecule has 2 aromatic carbocycles. The standard InChI is InChI=1S/C22H28N2O4S/c1-17-6-11-21(18(2)16-17)29(26,27)24(19-7-9-20(28-3)10-8-19)15-12-22(25)23-13-4-5-14-23/h6-11,16H,4-5,12-15H2,1-3H3. The summed E-state index contributed by atoms with van der Waals surface area (Å²) in [5.41, 5.74) is 2.20. The van der Waals surface area contributed by atoms with Crippen LogP contribution < -0.4 is 9.04 Å². The van der Waals surface area contributed by atoms with E-state index in [0.29, 0.717) is 17.0 Å². The average Bonchev–Trinajstić information content (AvgIpc) is 3.23. The number of anilines is 1. The van der Waals surface area contributed by atoms with Crippen LogP contribution in [0.25, 0.3) is 0 Å². The number of nitrogens with zero attached hydrogens (tertiary/aromatic N) is 2. The normalized spacial score (nSPS) is 14.1. The van der Waals surface area contributed by atoms with E-state index >= 15 is 0 Å². The lowest BCUT2D eigenvalue weighted by Crippen LogP contribution is -2.36. The molecule has 1 heterocycles. The molecule has 6 nitrogen and oxygen atoms in total. The second-order valence-electron chi connectivity index (χ2n) is 7.38. The van der Waals surface area contributed by atoms with Gasteiger partial charge in [0.05, 0.1) is 17.7 Å². The number of amides is 1. The van der Waals surface area contributed by atoms with Gasteiger partial charge in [-0.25, -0.2) is 8.42 Å². The maximum absolute atomic E-state index is 13.5. The van der Waals surface area contributed by atoms with Crippen molar-refractivity contribution in [2.24, 2.45) is 0 Å². The van der Waals surface area contributed by atoms with Gasteiger partial charge >= 0.3 is 0 Å². The van der Waals surface area contributed by atoms with Crippen LogP contribution in [0, 0.1) is 13.8 Å². The van der Waals surface area contributed by atoms with E-state index in [0.717, 1.165) is 31.5 Å². The Hall–Kier alpha value is -2.54. The molecule has 0 aliphatic carbocycles. The maximum Gasteiger partial charge on any atom is 0.264 e. The molecular formula is C22H28N2O4S. The molecule has 0 unspecified atom stereocenters. The molecule has 1 amide bonds. The summed E-state index contributed by atoms with van der Waals surface area (Å²) in [6.07, 6.45) is 2.17. The van der Waals surface area contributed by atoms with Crippen molar-refractivity contribution in [3.63, 3.8) is 0 Å².